The smallest absolute Gasteiger partial charge is 0.399 e. The van der Waals surface area contributed by atoms with Crippen molar-refractivity contribution >= 4 is 35.3 Å². The summed E-state index contributed by atoms with van der Waals surface area (Å²) in [4.78, 5) is 17.8. The van der Waals surface area contributed by atoms with Gasteiger partial charge in [-0.15, -0.1) is 5.10 Å². The first-order valence-corrected chi connectivity index (χ1v) is 27.2. The number of hydrogen-bond donors (Lipinski definition) is 3. The number of tetrazole rings is 1. The molecule has 3 aliphatic heterocycles. The van der Waals surface area contributed by atoms with Gasteiger partial charge < -0.3 is 44.2 Å². The summed E-state index contributed by atoms with van der Waals surface area (Å²) in [5.74, 6) is -6.17. The summed E-state index contributed by atoms with van der Waals surface area (Å²) in [6, 6.07) is 33.0. The molecule has 3 fully saturated rings. The van der Waals surface area contributed by atoms with Gasteiger partial charge in [0.2, 0.25) is 0 Å². The van der Waals surface area contributed by atoms with Gasteiger partial charge in [0.15, 0.2) is 5.60 Å². The van der Waals surface area contributed by atoms with Gasteiger partial charge >= 0.3 is 13.0 Å². The highest BCUT2D eigenvalue weighted by Gasteiger charge is 2.58. The first kappa shape index (κ1) is 60.1. The second kappa shape index (κ2) is 24.6. The summed E-state index contributed by atoms with van der Waals surface area (Å²) in [5.41, 5.74) is 2.98. The Balaban J connectivity index is 0.000000227. The highest BCUT2D eigenvalue weighted by Crippen LogP contribution is 2.47. The lowest BCUT2D eigenvalue weighted by Gasteiger charge is -2.37. The van der Waals surface area contributed by atoms with Crippen LogP contribution in [0.3, 0.4) is 0 Å². The van der Waals surface area contributed by atoms with Crippen LogP contribution in [0.15, 0.2) is 134 Å². The number of aliphatic hydroxyl groups is 3. The van der Waals surface area contributed by atoms with Crippen molar-refractivity contribution < 1.29 is 42.2 Å². The van der Waals surface area contributed by atoms with Crippen LogP contribution in [0, 0.1) is 23.5 Å². The number of aromatic nitrogens is 6. The van der Waals surface area contributed by atoms with E-state index >= 15 is 8.78 Å². The van der Waals surface area contributed by atoms with E-state index in [1.165, 1.54) is 23.6 Å². The number of anilines is 4. The van der Waals surface area contributed by atoms with Crippen LogP contribution in [0.4, 0.5) is 40.3 Å². The van der Waals surface area contributed by atoms with E-state index in [2.05, 4.69) is 121 Å². The first-order valence-electron chi connectivity index (χ1n) is 27.2. The summed E-state index contributed by atoms with van der Waals surface area (Å²) >= 11 is 0. The second-order valence-electron chi connectivity index (χ2n) is 22.6. The van der Waals surface area contributed by atoms with Gasteiger partial charge in [-0.2, -0.15) is 8.78 Å². The Bertz CT molecular complexity index is 3110. The maximum atomic E-state index is 16.1. The van der Waals surface area contributed by atoms with Gasteiger partial charge in [-0.25, -0.2) is 13.5 Å². The third-order valence-electron chi connectivity index (χ3n) is 16.0. The molecule has 15 nitrogen and oxygen atoms in total. The summed E-state index contributed by atoms with van der Waals surface area (Å²) in [5, 5.41) is 42.2. The van der Waals surface area contributed by atoms with Crippen LogP contribution in [-0.4, -0.2) is 116 Å². The zero-order valence-electron chi connectivity index (χ0n) is 46.6. The maximum absolute atomic E-state index is 16.1. The summed E-state index contributed by atoms with van der Waals surface area (Å²) < 4.78 is 73.8. The quantitative estimate of drug-likeness (QED) is 0.0657. The van der Waals surface area contributed by atoms with Gasteiger partial charge in [0.25, 0.3) is 0 Å². The molecule has 430 valence electrons. The zero-order valence-corrected chi connectivity index (χ0v) is 46.6. The van der Waals surface area contributed by atoms with Crippen molar-refractivity contribution in [2.45, 2.75) is 104 Å². The minimum atomic E-state index is -4.14. The predicted molar refractivity (Wildman–Crippen MR) is 310 cm³/mol. The number of pyridine rings is 2. The van der Waals surface area contributed by atoms with Crippen LogP contribution >= 0.6 is 0 Å². The molecule has 0 amide bonds. The summed E-state index contributed by atoms with van der Waals surface area (Å²) in [6.45, 7) is 22.4. The monoisotopic (exact) mass is 1110 g/mol. The van der Waals surface area contributed by atoms with E-state index in [1.807, 2.05) is 64.1 Å². The number of hydrogen-bond acceptors (Lipinski definition) is 14. The highest BCUT2D eigenvalue weighted by molar-refractivity contribution is 6.62. The Kier molecular flexibility index (Phi) is 18.3. The lowest BCUT2D eigenvalue weighted by Crippen LogP contribution is -2.48. The molecule has 0 bridgehead atoms. The topological polar surface area (TPSA) is 161 Å². The molecule has 20 heteroatoms. The zero-order chi connectivity index (χ0) is 57.1. The molecular weight excluding hydrogens is 1040 g/mol. The molecule has 3 saturated heterocycles. The molecular formula is C61H75BF4N10O5. The van der Waals surface area contributed by atoms with Crippen molar-refractivity contribution in [3.8, 4) is 11.1 Å². The van der Waals surface area contributed by atoms with Crippen molar-refractivity contribution in [2.75, 3.05) is 72.0 Å². The molecule has 10 rings (SSSR count). The summed E-state index contributed by atoms with van der Waals surface area (Å²) in [7, 11) is -0.317. The molecule has 0 saturated carbocycles. The number of aliphatic hydroxyl groups excluding tert-OH is 2. The predicted octanol–water partition coefficient (Wildman–Crippen LogP) is 9.74. The molecule has 3 atom stereocenters. The van der Waals surface area contributed by atoms with Gasteiger partial charge in [0.05, 0.1) is 47.5 Å². The average molecular weight is 1120 g/mol. The average Bonchev–Trinajstić information content (AvgIpc) is 4.00. The fourth-order valence-electron chi connectivity index (χ4n) is 10.1. The Labute approximate surface area is 473 Å². The van der Waals surface area contributed by atoms with Gasteiger partial charge in [-0.05, 0) is 133 Å². The Morgan fingerprint density at radius 1 is 0.605 bits per heavy atom. The largest absolute Gasteiger partial charge is 0.494 e. The van der Waals surface area contributed by atoms with E-state index in [0.717, 1.165) is 110 Å². The molecule has 0 spiro atoms. The number of nitrogens with zero attached hydrogens (tertiary/aromatic N) is 10. The van der Waals surface area contributed by atoms with E-state index in [9.17, 15) is 24.1 Å². The normalized spacial score (nSPS) is 17.8. The van der Waals surface area contributed by atoms with Gasteiger partial charge in [0.1, 0.15) is 23.7 Å². The van der Waals surface area contributed by atoms with E-state index in [1.54, 1.807) is 6.20 Å². The van der Waals surface area contributed by atoms with E-state index in [0.29, 0.717) is 17.3 Å². The molecule has 81 heavy (non-hydrogen) atoms. The van der Waals surface area contributed by atoms with Crippen molar-refractivity contribution in [3.05, 3.63) is 168 Å². The van der Waals surface area contributed by atoms with Crippen LogP contribution in [0.5, 0.6) is 0 Å². The Hall–Kier alpha value is -6.97. The van der Waals surface area contributed by atoms with Crippen LogP contribution < -0.4 is 25.1 Å². The number of rotatable bonds is 15. The minimum Gasteiger partial charge on any atom is -0.399 e. The van der Waals surface area contributed by atoms with Gasteiger partial charge in [-0.1, -0.05) is 77.6 Å². The number of halogens is 4. The second-order valence-corrected chi connectivity index (χ2v) is 22.6. The number of alkyl halides is 2. The van der Waals surface area contributed by atoms with Crippen LogP contribution in [0.25, 0.3) is 11.1 Å². The number of benzene rings is 4. The first-order chi connectivity index (χ1) is 38.0. The molecule has 3 aromatic heterocycles. The fourth-order valence-corrected chi connectivity index (χ4v) is 10.1. The standard InChI is InChI=1S/C34H34F4N8O2.C26H37BN2O3.CH4/c1-22(2)32(47)30-11-9-27(19-39-30)45-15-13-44(14-16-45)26-7-3-23(4-8-26)24-5-12-31(40-18-24)34(37,38)33(48,20-46-21-41-42-43-46)28-10-6-25(35)17-29(28)36;1-19(2)24(30)20-7-11-22(12-8-20)28-15-17-29(18-16-28)23-13-9-21(10-14-23)27-31-25(3,4)26(5,6)32-27;/h3-12,17-19,21-22,32,47-48H,13-16,20H2,1-2H3;7-14,19,24,30H,15-18H2,1-6H3;1H4/t32?,33-;;/m0../s1. The van der Waals surface area contributed by atoms with Gasteiger partial charge in [0, 0.05) is 92.8 Å². The SMILES string of the molecule is C.CC(C)C(O)c1ccc(N2CCN(c3ccc(-c4ccc(C(F)(F)[C@](O)(Cn5cnnn5)c5ccc(F)cc5F)nc4)cc3)CC2)cn1.CC(C)C(O)c1ccc(N2CCN(c3ccc(B4OC(C)(C)C(C)(C)O4)cc3)CC2)cc1. The lowest BCUT2D eigenvalue weighted by molar-refractivity contribution is -0.207. The van der Waals surface area contributed by atoms with Crippen molar-refractivity contribution in [1.82, 2.24) is 30.2 Å². The third kappa shape index (κ3) is 13.1. The van der Waals surface area contributed by atoms with E-state index < -0.39 is 53.2 Å². The molecule has 3 N–H and O–H groups in total. The molecule has 3 aliphatic rings. The maximum Gasteiger partial charge on any atom is 0.494 e. The molecule has 6 heterocycles. The summed E-state index contributed by atoms with van der Waals surface area (Å²) in [6.07, 6.45) is 3.06. The molecule has 4 aromatic carbocycles. The molecule has 2 unspecified atom stereocenters. The van der Waals surface area contributed by atoms with Crippen LogP contribution in [0.1, 0.15) is 97.5 Å². The van der Waals surface area contributed by atoms with Gasteiger partial charge in [-0.3, -0.25) is 9.97 Å². The molecule has 7 aromatic rings. The third-order valence-corrected chi connectivity index (χ3v) is 16.0. The van der Waals surface area contributed by atoms with E-state index in [4.69, 9.17) is 9.31 Å². The van der Waals surface area contributed by atoms with Crippen LogP contribution in [0.2, 0.25) is 0 Å². The molecule has 0 aliphatic carbocycles. The van der Waals surface area contributed by atoms with E-state index in [-0.39, 0.29) is 37.6 Å². The highest BCUT2D eigenvalue weighted by atomic mass is 19.3. The van der Waals surface area contributed by atoms with Crippen LogP contribution in [-0.2, 0) is 27.4 Å². The number of piperazine rings is 2. The lowest BCUT2D eigenvalue weighted by atomic mass is 9.79. The van der Waals surface area contributed by atoms with Crippen molar-refractivity contribution in [3.63, 3.8) is 0 Å². The van der Waals surface area contributed by atoms with Crippen molar-refractivity contribution in [2.24, 2.45) is 11.8 Å². The minimum absolute atomic E-state index is 0. The van der Waals surface area contributed by atoms with Crippen molar-refractivity contribution in [1.29, 1.82) is 0 Å². The Morgan fingerprint density at radius 2 is 1.10 bits per heavy atom. The molecule has 0 radical (unpaired) electrons. The fraction of sp³-hybridized carbons (Fsp3) is 0.426. The Morgan fingerprint density at radius 3 is 1.56 bits per heavy atom.